The standard InChI is InChI=1S/C6H9ClN4O2S/c1-2-9-14(12,13)11-5-3-4-8-6(7)10-5/h3-4,9H,2H2,1H3,(H,8,10,11). The van der Waals surface area contributed by atoms with Gasteiger partial charge in [-0.2, -0.15) is 18.1 Å². The fraction of sp³-hybridized carbons (Fsp3) is 0.333. The number of rotatable bonds is 4. The lowest BCUT2D eigenvalue weighted by atomic mass is 10.6. The van der Waals surface area contributed by atoms with Gasteiger partial charge < -0.3 is 0 Å². The van der Waals surface area contributed by atoms with Crippen molar-refractivity contribution < 1.29 is 8.42 Å². The number of nitrogens with zero attached hydrogens (tertiary/aromatic N) is 2. The van der Waals surface area contributed by atoms with Crippen LogP contribution in [0.3, 0.4) is 0 Å². The Morgan fingerprint density at radius 3 is 2.86 bits per heavy atom. The second-order valence-electron chi connectivity index (χ2n) is 2.31. The van der Waals surface area contributed by atoms with E-state index in [1.807, 2.05) is 0 Å². The first-order valence-electron chi connectivity index (χ1n) is 3.79. The van der Waals surface area contributed by atoms with E-state index in [4.69, 9.17) is 11.6 Å². The molecule has 0 bridgehead atoms. The van der Waals surface area contributed by atoms with Gasteiger partial charge in [-0.3, -0.25) is 4.72 Å². The minimum Gasteiger partial charge on any atom is -0.254 e. The molecule has 2 N–H and O–H groups in total. The predicted octanol–water partition coefficient (Wildman–Crippen LogP) is 0.396. The van der Waals surface area contributed by atoms with E-state index in [0.717, 1.165) is 0 Å². The third-order valence-electron chi connectivity index (χ3n) is 1.20. The summed E-state index contributed by atoms with van der Waals surface area (Å²) in [6.07, 6.45) is 1.36. The molecule has 0 radical (unpaired) electrons. The van der Waals surface area contributed by atoms with Gasteiger partial charge in [0.05, 0.1) is 0 Å². The fourth-order valence-electron chi connectivity index (χ4n) is 0.756. The highest BCUT2D eigenvalue weighted by molar-refractivity contribution is 7.90. The number of hydrogen-bond acceptors (Lipinski definition) is 4. The second kappa shape index (κ2) is 4.54. The molecular weight excluding hydrogens is 228 g/mol. The van der Waals surface area contributed by atoms with Crippen LogP contribution in [0.4, 0.5) is 5.82 Å². The zero-order valence-electron chi connectivity index (χ0n) is 7.36. The maximum absolute atomic E-state index is 11.2. The van der Waals surface area contributed by atoms with Crippen molar-refractivity contribution in [2.45, 2.75) is 6.92 Å². The van der Waals surface area contributed by atoms with E-state index in [1.165, 1.54) is 12.3 Å². The summed E-state index contributed by atoms with van der Waals surface area (Å²) in [6.45, 7) is 1.97. The van der Waals surface area contributed by atoms with E-state index in [-0.39, 0.29) is 11.1 Å². The van der Waals surface area contributed by atoms with Crippen LogP contribution in [0, 0.1) is 0 Å². The molecule has 0 atom stereocenters. The molecule has 1 rings (SSSR count). The van der Waals surface area contributed by atoms with Gasteiger partial charge in [0.1, 0.15) is 5.82 Å². The zero-order valence-corrected chi connectivity index (χ0v) is 8.93. The summed E-state index contributed by atoms with van der Waals surface area (Å²) < 4.78 is 26.8. The summed E-state index contributed by atoms with van der Waals surface area (Å²) in [5.74, 6) is 0.131. The molecule has 0 spiro atoms. The Morgan fingerprint density at radius 2 is 2.29 bits per heavy atom. The van der Waals surface area contributed by atoms with Crippen molar-refractivity contribution in [2.75, 3.05) is 11.3 Å². The number of halogens is 1. The smallest absolute Gasteiger partial charge is 0.254 e. The molecule has 0 aliphatic heterocycles. The molecule has 78 valence electrons. The van der Waals surface area contributed by atoms with Crippen LogP contribution in [0.1, 0.15) is 6.92 Å². The Labute approximate surface area is 86.9 Å². The molecule has 0 fully saturated rings. The Morgan fingerprint density at radius 1 is 1.57 bits per heavy atom. The maximum Gasteiger partial charge on any atom is 0.300 e. The Hall–Kier alpha value is -0.920. The van der Waals surface area contributed by atoms with Crippen LogP contribution in [0.15, 0.2) is 12.3 Å². The van der Waals surface area contributed by atoms with Gasteiger partial charge in [-0.15, -0.1) is 0 Å². The molecule has 1 aromatic heterocycles. The molecule has 14 heavy (non-hydrogen) atoms. The van der Waals surface area contributed by atoms with Crippen molar-refractivity contribution in [3.63, 3.8) is 0 Å². The molecule has 0 aliphatic carbocycles. The first kappa shape index (κ1) is 11.2. The lowest BCUT2D eigenvalue weighted by Crippen LogP contribution is -2.30. The zero-order chi connectivity index (χ0) is 10.6. The van der Waals surface area contributed by atoms with E-state index in [9.17, 15) is 8.42 Å². The lowest BCUT2D eigenvalue weighted by molar-refractivity contribution is 0.589. The fourth-order valence-corrected chi connectivity index (χ4v) is 1.74. The van der Waals surface area contributed by atoms with Gasteiger partial charge in [0.2, 0.25) is 5.28 Å². The van der Waals surface area contributed by atoms with E-state index < -0.39 is 10.2 Å². The van der Waals surface area contributed by atoms with Crippen LogP contribution in [-0.2, 0) is 10.2 Å². The van der Waals surface area contributed by atoms with Crippen LogP contribution in [0.2, 0.25) is 5.28 Å². The largest absolute Gasteiger partial charge is 0.300 e. The van der Waals surface area contributed by atoms with Gasteiger partial charge >= 0.3 is 0 Å². The summed E-state index contributed by atoms with van der Waals surface area (Å²) >= 11 is 5.47. The molecule has 0 unspecified atom stereocenters. The SMILES string of the molecule is CCNS(=O)(=O)Nc1ccnc(Cl)n1. The van der Waals surface area contributed by atoms with Gasteiger partial charge in [0.15, 0.2) is 0 Å². The molecule has 0 saturated heterocycles. The lowest BCUT2D eigenvalue weighted by Gasteiger charge is -2.06. The molecule has 0 aliphatic rings. The van der Waals surface area contributed by atoms with Crippen LogP contribution in [0.5, 0.6) is 0 Å². The third-order valence-corrected chi connectivity index (χ3v) is 2.53. The first-order valence-corrected chi connectivity index (χ1v) is 5.65. The van der Waals surface area contributed by atoms with Crippen LogP contribution < -0.4 is 9.44 Å². The van der Waals surface area contributed by atoms with Gasteiger partial charge in [0.25, 0.3) is 10.2 Å². The van der Waals surface area contributed by atoms with E-state index in [1.54, 1.807) is 6.92 Å². The average molecular weight is 237 g/mol. The summed E-state index contributed by atoms with van der Waals surface area (Å²) in [5, 5.41) is -0.0123. The molecule has 1 heterocycles. The molecule has 1 aromatic rings. The van der Waals surface area contributed by atoms with Crippen molar-refractivity contribution in [3.05, 3.63) is 17.5 Å². The van der Waals surface area contributed by atoms with Crippen molar-refractivity contribution in [1.82, 2.24) is 14.7 Å². The van der Waals surface area contributed by atoms with Gasteiger partial charge in [-0.1, -0.05) is 6.92 Å². The minimum absolute atomic E-state index is 0.0123. The van der Waals surface area contributed by atoms with Crippen molar-refractivity contribution in [1.29, 1.82) is 0 Å². The van der Waals surface area contributed by atoms with Crippen molar-refractivity contribution >= 4 is 27.6 Å². The van der Waals surface area contributed by atoms with E-state index in [0.29, 0.717) is 6.54 Å². The van der Waals surface area contributed by atoms with Gasteiger partial charge in [0, 0.05) is 12.7 Å². The van der Waals surface area contributed by atoms with Crippen molar-refractivity contribution in [3.8, 4) is 0 Å². The Kier molecular flexibility index (Phi) is 3.62. The molecule has 8 heteroatoms. The van der Waals surface area contributed by atoms with Gasteiger partial charge in [-0.25, -0.2) is 4.98 Å². The van der Waals surface area contributed by atoms with E-state index >= 15 is 0 Å². The van der Waals surface area contributed by atoms with Crippen LogP contribution in [0.25, 0.3) is 0 Å². The molecule has 6 nitrogen and oxygen atoms in total. The number of anilines is 1. The highest BCUT2D eigenvalue weighted by atomic mass is 35.5. The number of hydrogen-bond donors (Lipinski definition) is 2. The summed E-state index contributed by atoms with van der Waals surface area (Å²) in [6, 6.07) is 1.40. The maximum atomic E-state index is 11.2. The topological polar surface area (TPSA) is 84.0 Å². The molecular formula is C6H9ClN4O2S. The second-order valence-corrected chi connectivity index (χ2v) is 4.15. The first-order chi connectivity index (χ1) is 6.53. The molecule has 0 saturated carbocycles. The third kappa shape index (κ3) is 3.44. The Balaban J connectivity index is 2.79. The van der Waals surface area contributed by atoms with Crippen LogP contribution in [-0.4, -0.2) is 24.9 Å². The van der Waals surface area contributed by atoms with Crippen LogP contribution >= 0.6 is 11.6 Å². The summed E-state index contributed by atoms with van der Waals surface area (Å²) in [5.41, 5.74) is 0. The average Bonchev–Trinajstić information content (AvgIpc) is 2.02. The van der Waals surface area contributed by atoms with Gasteiger partial charge in [-0.05, 0) is 17.7 Å². The summed E-state index contributed by atoms with van der Waals surface area (Å²) in [4.78, 5) is 7.28. The minimum atomic E-state index is -3.55. The normalized spacial score (nSPS) is 11.3. The molecule has 0 aromatic carbocycles. The summed E-state index contributed by atoms with van der Waals surface area (Å²) in [7, 11) is -3.55. The monoisotopic (exact) mass is 236 g/mol. The highest BCUT2D eigenvalue weighted by Gasteiger charge is 2.08. The quantitative estimate of drug-likeness (QED) is 0.741. The van der Waals surface area contributed by atoms with E-state index in [2.05, 4.69) is 19.4 Å². The number of aromatic nitrogens is 2. The Bertz CT molecular complexity index is 408. The number of nitrogens with one attached hydrogen (secondary N) is 2. The van der Waals surface area contributed by atoms with Crippen molar-refractivity contribution in [2.24, 2.45) is 0 Å². The highest BCUT2D eigenvalue weighted by Crippen LogP contribution is 2.06. The molecule has 0 amide bonds. The predicted molar refractivity (Wildman–Crippen MR) is 53.3 cm³/mol.